The molecule has 4 heteroatoms. The van der Waals surface area contributed by atoms with Crippen LogP contribution in [0.1, 0.15) is 12.5 Å². The third kappa shape index (κ3) is 2.10. The molecule has 0 fully saturated rings. The number of anilines is 1. The number of aromatic nitrogens is 1. The Morgan fingerprint density at radius 2 is 2.20 bits per heavy atom. The monoisotopic (exact) mass is 220 g/mol. The zero-order valence-electron chi connectivity index (χ0n) is 8.43. The van der Waals surface area contributed by atoms with E-state index in [0.717, 1.165) is 12.1 Å². The van der Waals surface area contributed by atoms with Gasteiger partial charge >= 0.3 is 4.87 Å². The quantitative estimate of drug-likeness (QED) is 0.861. The van der Waals surface area contributed by atoms with Crippen molar-refractivity contribution in [1.29, 1.82) is 0 Å². The molecule has 2 aromatic rings. The third-order valence-electron chi connectivity index (χ3n) is 2.21. The van der Waals surface area contributed by atoms with Gasteiger partial charge < -0.3 is 0 Å². The molecule has 0 aliphatic carbocycles. The van der Waals surface area contributed by atoms with E-state index in [1.807, 2.05) is 18.2 Å². The summed E-state index contributed by atoms with van der Waals surface area (Å²) in [6.45, 7) is 2.09. The lowest BCUT2D eigenvalue weighted by Crippen LogP contribution is -2.20. The number of hydrogen-bond acceptors (Lipinski definition) is 3. The number of para-hydroxylation sites is 1. The van der Waals surface area contributed by atoms with Crippen LogP contribution in [0.3, 0.4) is 0 Å². The van der Waals surface area contributed by atoms with Gasteiger partial charge in [-0.3, -0.25) is 10.2 Å². The van der Waals surface area contributed by atoms with Crippen LogP contribution in [0, 0.1) is 0 Å². The van der Waals surface area contributed by atoms with E-state index in [2.05, 4.69) is 18.4 Å². The summed E-state index contributed by atoms with van der Waals surface area (Å²) in [5, 5.41) is 1.77. The largest absolute Gasteiger partial charge is 0.325 e. The van der Waals surface area contributed by atoms with Gasteiger partial charge in [-0.05, 0) is 18.1 Å². The predicted molar refractivity (Wildman–Crippen MR) is 63.4 cm³/mol. The van der Waals surface area contributed by atoms with Crippen LogP contribution in [0.2, 0.25) is 0 Å². The second-order valence-corrected chi connectivity index (χ2v) is 4.02. The number of nitrogens with one attached hydrogen (secondary N) is 1. The summed E-state index contributed by atoms with van der Waals surface area (Å²) in [7, 11) is 0. The first kappa shape index (κ1) is 9.98. The van der Waals surface area contributed by atoms with E-state index in [9.17, 15) is 4.79 Å². The normalized spacial score (nSPS) is 10.2. The molecule has 15 heavy (non-hydrogen) atoms. The first-order valence-electron chi connectivity index (χ1n) is 4.82. The second-order valence-electron chi connectivity index (χ2n) is 3.16. The topological polar surface area (TPSA) is 34.0 Å². The van der Waals surface area contributed by atoms with Crippen molar-refractivity contribution < 1.29 is 0 Å². The fourth-order valence-electron chi connectivity index (χ4n) is 1.42. The molecule has 2 rings (SSSR count). The van der Waals surface area contributed by atoms with Crippen LogP contribution in [0.4, 0.5) is 5.69 Å². The fraction of sp³-hybridized carbons (Fsp3) is 0.182. The molecule has 3 nitrogen and oxygen atoms in total. The van der Waals surface area contributed by atoms with Gasteiger partial charge in [0.15, 0.2) is 0 Å². The highest BCUT2D eigenvalue weighted by Gasteiger charge is 2.00. The predicted octanol–water partition coefficient (Wildman–Crippen LogP) is 2.35. The Bertz CT molecular complexity index is 501. The molecule has 0 aliphatic rings. The Morgan fingerprint density at radius 1 is 1.40 bits per heavy atom. The minimum absolute atomic E-state index is 0.000839. The van der Waals surface area contributed by atoms with E-state index in [4.69, 9.17) is 0 Å². The molecule has 0 atom stereocenters. The van der Waals surface area contributed by atoms with Gasteiger partial charge in [0.1, 0.15) is 0 Å². The summed E-state index contributed by atoms with van der Waals surface area (Å²) in [4.78, 5) is 11.3. The van der Waals surface area contributed by atoms with E-state index >= 15 is 0 Å². The van der Waals surface area contributed by atoms with Crippen molar-refractivity contribution in [2.45, 2.75) is 13.3 Å². The molecule has 0 amide bonds. The van der Waals surface area contributed by atoms with Crippen molar-refractivity contribution in [1.82, 2.24) is 4.68 Å². The standard InChI is InChI=1S/C11H12N2OS/c1-2-9-5-3-4-6-10(9)12-13-7-8-15-11(13)14/h3-8,12H,2H2,1H3. The molecule has 0 saturated carbocycles. The fourth-order valence-corrected chi connectivity index (χ4v) is 1.94. The minimum atomic E-state index is 0.000839. The van der Waals surface area contributed by atoms with Gasteiger partial charge in [-0.2, -0.15) is 0 Å². The summed E-state index contributed by atoms with van der Waals surface area (Å²) in [5.74, 6) is 0. The highest BCUT2D eigenvalue weighted by molar-refractivity contribution is 7.07. The molecule has 78 valence electrons. The minimum Gasteiger partial charge on any atom is -0.291 e. The third-order valence-corrected chi connectivity index (χ3v) is 2.87. The Hall–Kier alpha value is -1.55. The lowest BCUT2D eigenvalue weighted by atomic mass is 10.1. The van der Waals surface area contributed by atoms with Crippen LogP contribution >= 0.6 is 11.3 Å². The average molecular weight is 220 g/mol. The molecule has 0 bridgehead atoms. The summed E-state index contributed by atoms with van der Waals surface area (Å²) in [6.07, 6.45) is 2.68. The van der Waals surface area contributed by atoms with Crippen molar-refractivity contribution in [3.05, 3.63) is 51.1 Å². The number of thiazole rings is 1. The Kier molecular flexibility index (Phi) is 2.87. The van der Waals surface area contributed by atoms with Crippen molar-refractivity contribution in [2.75, 3.05) is 5.43 Å². The maximum absolute atomic E-state index is 11.3. The highest BCUT2D eigenvalue weighted by Crippen LogP contribution is 2.15. The number of benzene rings is 1. The number of nitrogens with zero attached hydrogens (tertiary/aromatic N) is 1. The van der Waals surface area contributed by atoms with Crippen LogP contribution in [-0.2, 0) is 6.42 Å². The average Bonchev–Trinajstić information content (AvgIpc) is 2.65. The van der Waals surface area contributed by atoms with Crippen LogP contribution in [0.15, 0.2) is 40.6 Å². The van der Waals surface area contributed by atoms with Crippen molar-refractivity contribution in [3.8, 4) is 0 Å². The van der Waals surface area contributed by atoms with E-state index < -0.39 is 0 Å². The summed E-state index contributed by atoms with van der Waals surface area (Å²) >= 11 is 1.18. The molecule has 0 spiro atoms. The molecular weight excluding hydrogens is 208 g/mol. The Morgan fingerprint density at radius 3 is 2.87 bits per heavy atom. The van der Waals surface area contributed by atoms with Crippen molar-refractivity contribution in [3.63, 3.8) is 0 Å². The van der Waals surface area contributed by atoms with Crippen LogP contribution in [0.5, 0.6) is 0 Å². The first-order chi connectivity index (χ1) is 7.31. The SMILES string of the molecule is CCc1ccccc1Nn1ccsc1=O. The van der Waals surface area contributed by atoms with Gasteiger partial charge in [0.25, 0.3) is 0 Å². The Balaban J connectivity index is 2.32. The maximum atomic E-state index is 11.3. The summed E-state index contributed by atoms with van der Waals surface area (Å²) in [6, 6.07) is 7.99. The van der Waals surface area contributed by atoms with Gasteiger partial charge in [-0.1, -0.05) is 36.5 Å². The molecule has 1 aromatic heterocycles. The van der Waals surface area contributed by atoms with Crippen LogP contribution in [-0.4, -0.2) is 4.68 Å². The molecule has 0 radical (unpaired) electrons. The molecule has 0 saturated heterocycles. The van der Waals surface area contributed by atoms with Gasteiger partial charge in [0.2, 0.25) is 0 Å². The highest BCUT2D eigenvalue weighted by atomic mass is 32.1. The van der Waals surface area contributed by atoms with E-state index in [-0.39, 0.29) is 4.87 Å². The summed E-state index contributed by atoms with van der Waals surface area (Å²) in [5.41, 5.74) is 5.28. The van der Waals surface area contributed by atoms with E-state index in [1.54, 1.807) is 11.6 Å². The zero-order chi connectivity index (χ0) is 10.7. The number of rotatable bonds is 3. The summed E-state index contributed by atoms with van der Waals surface area (Å²) < 4.78 is 1.50. The number of hydrogen-bond donors (Lipinski definition) is 1. The maximum Gasteiger partial charge on any atom is 0.325 e. The smallest absolute Gasteiger partial charge is 0.291 e. The lowest BCUT2D eigenvalue weighted by molar-refractivity contribution is 0.929. The molecule has 1 N–H and O–H groups in total. The van der Waals surface area contributed by atoms with Crippen molar-refractivity contribution >= 4 is 17.0 Å². The van der Waals surface area contributed by atoms with Gasteiger partial charge in [0.05, 0.1) is 5.69 Å². The van der Waals surface area contributed by atoms with Gasteiger partial charge in [-0.25, -0.2) is 4.68 Å². The lowest BCUT2D eigenvalue weighted by Gasteiger charge is -2.10. The van der Waals surface area contributed by atoms with Gasteiger partial charge in [0, 0.05) is 11.6 Å². The molecule has 1 aromatic carbocycles. The number of aryl methyl sites for hydroxylation is 1. The van der Waals surface area contributed by atoms with Gasteiger partial charge in [-0.15, -0.1) is 0 Å². The molecule has 1 heterocycles. The van der Waals surface area contributed by atoms with Crippen LogP contribution < -0.4 is 10.3 Å². The van der Waals surface area contributed by atoms with Crippen molar-refractivity contribution in [2.24, 2.45) is 0 Å². The molecular formula is C11H12N2OS. The molecule has 0 aliphatic heterocycles. The zero-order valence-corrected chi connectivity index (χ0v) is 9.25. The Labute approximate surface area is 92.0 Å². The van der Waals surface area contributed by atoms with E-state index in [0.29, 0.717) is 0 Å². The second kappa shape index (κ2) is 4.31. The van der Waals surface area contributed by atoms with Crippen LogP contribution in [0.25, 0.3) is 0 Å². The van der Waals surface area contributed by atoms with E-state index in [1.165, 1.54) is 21.6 Å². The molecule has 0 unspecified atom stereocenters. The first-order valence-corrected chi connectivity index (χ1v) is 5.70.